The van der Waals surface area contributed by atoms with Crippen LogP contribution in [0.15, 0.2) is 24.3 Å². The van der Waals surface area contributed by atoms with Gasteiger partial charge < -0.3 is 10.6 Å². The number of nitrogens with one attached hydrogen (secondary N) is 2. The third kappa shape index (κ3) is 2.99. The van der Waals surface area contributed by atoms with Gasteiger partial charge in [-0.1, -0.05) is 6.07 Å². The second-order valence-corrected chi connectivity index (χ2v) is 6.20. The first-order valence-electron chi connectivity index (χ1n) is 6.56. The van der Waals surface area contributed by atoms with Crippen LogP contribution in [0.4, 0.5) is 11.4 Å². The van der Waals surface area contributed by atoms with E-state index in [4.69, 9.17) is 0 Å². The van der Waals surface area contributed by atoms with E-state index in [2.05, 4.69) is 16.7 Å². The Kier molecular flexibility index (Phi) is 3.46. The zero-order valence-electron chi connectivity index (χ0n) is 10.3. The fraction of sp³-hybridized carbons (Fsp3) is 0.500. The van der Waals surface area contributed by atoms with Crippen molar-refractivity contribution in [2.75, 3.05) is 22.1 Å². The number of benzene rings is 1. The molecule has 0 radical (unpaired) electrons. The Morgan fingerprint density at radius 3 is 2.78 bits per heavy atom. The minimum atomic E-state index is 0.170. The van der Waals surface area contributed by atoms with E-state index in [0.717, 1.165) is 24.2 Å². The third-order valence-corrected chi connectivity index (χ3v) is 4.54. The van der Waals surface area contributed by atoms with Gasteiger partial charge in [-0.2, -0.15) is 11.8 Å². The fourth-order valence-electron chi connectivity index (χ4n) is 2.16. The molecule has 3 nitrogen and oxygen atoms in total. The molecule has 1 aromatic carbocycles. The highest BCUT2D eigenvalue weighted by atomic mass is 32.2. The van der Waals surface area contributed by atoms with Gasteiger partial charge in [0.15, 0.2) is 0 Å². The summed E-state index contributed by atoms with van der Waals surface area (Å²) in [5.74, 6) is 2.85. The Balaban J connectivity index is 1.62. The fourth-order valence-corrected chi connectivity index (χ4v) is 3.31. The largest absolute Gasteiger partial charge is 0.381 e. The van der Waals surface area contributed by atoms with Crippen LogP contribution in [0.2, 0.25) is 0 Å². The van der Waals surface area contributed by atoms with Gasteiger partial charge in [0.25, 0.3) is 0 Å². The maximum Gasteiger partial charge on any atom is 0.227 e. The number of carbonyl (C=O) groups excluding carboxylic acids is 1. The molecule has 4 heteroatoms. The minimum Gasteiger partial charge on any atom is -0.381 e. The molecular formula is C14H18N2OS. The van der Waals surface area contributed by atoms with Crippen molar-refractivity contribution < 1.29 is 4.79 Å². The molecule has 1 heterocycles. The Morgan fingerprint density at radius 2 is 2.06 bits per heavy atom. The van der Waals surface area contributed by atoms with E-state index in [9.17, 15) is 4.79 Å². The van der Waals surface area contributed by atoms with Gasteiger partial charge in [0.2, 0.25) is 5.91 Å². The van der Waals surface area contributed by atoms with Crippen molar-refractivity contribution in [2.45, 2.75) is 25.3 Å². The van der Waals surface area contributed by atoms with Gasteiger partial charge in [0.1, 0.15) is 0 Å². The van der Waals surface area contributed by atoms with Crippen LogP contribution in [0.25, 0.3) is 0 Å². The first-order valence-corrected chi connectivity index (χ1v) is 7.72. The summed E-state index contributed by atoms with van der Waals surface area (Å²) in [6.45, 7) is 0. The lowest BCUT2D eigenvalue weighted by Gasteiger charge is -2.14. The molecule has 2 N–H and O–H groups in total. The van der Waals surface area contributed by atoms with Gasteiger partial charge >= 0.3 is 0 Å². The number of hydrogen-bond donors (Lipinski definition) is 2. The van der Waals surface area contributed by atoms with E-state index >= 15 is 0 Å². The topological polar surface area (TPSA) is 41.1 Å². The molecule has 1 atom stereocenters. The Morgan fingerprint density at radius 1 is 1.22 bits per heavy atom. The highest BCUT2D eigenvalue weighted by Crippen LogP contribution is 2.30. The van der Waals surface area contributed by atoms with Crippen LogP contribution < -0.4 is 10.6 Å². The summed E-state index contributed by atoms with van der Waals surface area (Å²) in [7, 11) is 0. The maximum absolute atomic E-state index is 11.7. The van der Waals surface area contributed by atoms with E-state index < -0.39 is 0 Å². The molecule has 18 heavy (non-hydrogen) atoms. The van der Waals surface area contributed by atoms with E-state index in [-0.39, 0.29) is 11.8 Å². The Hall–Kier alpha value is -1.16. The van der Waals surface area contributed by atoms with Gasteiger partial charge in [-0.3, -0.25) is 4.79 Å². The average molecular weight is 262 g/mol. The van der Waals surface area contributed by atoms with Crippen molar-refractivity contribution in [1.29, 1.82) is 0 Å². The van der Waals surface area contributed by atoms with Crippen LogP contribution in [-0.4, -0.2) is 23.5 Å². The zero-order valence-corrected chi connectivity index (χ0v) is 11.1. The SMILES string of the molecule is O=C(Nc1cccc(NC2CCSC2)c1)C1CC1. The summed E-state index contributed by atoms with van der Waals surface area (Å²) in [6.07, 6.45) is 3.31. The Labute approximate surface area is 112 Å². The van der Waals surface area contributed by atoms with Crippen molar-refractivity contribution in [3.8, 4) is 0 Å². The summed E-state index contributed by atoms with van der Waals surface area (Å²) >= 11 is 2.00. The summed E-state index contributed by atoms with van der Waals surface area (Å²) in [5.41, 5.74) is 2.01. The molecule has 1 unspecified atom stereocenters. The van der Waals surface area contributed by atoms with Crippen LogP contribution >= 0.6 is 11.8 Å². The van der Waals surface area contributed by atoms with Gasteiger partial charge in [0.05, 0.1) is 0 Å². The second kappa shape index (κ2) is 5.22. The van der Waals surface area contributed by atoms with Gasteiger partial charge in [-0.25, -0.2) is 0 Å². The van der Waals surface area contributed by atoms with Gasteiger partial charge in [-0.15, -0.1) is 0 Å². The van der Waals surface area contributed by atoms with Crippen molar-refractivity contribution in [3.05, 3.63) is 24.3 Å². The maximum atomic E-state index is 11.7. The van der Waals surface area contributed by atoms with Crippen molar-refractivity contribution in [3.63, 3.8) is 0 Å². The van der Waals surface area contributed by atoms with E-state index in [1.54, 1.807) is 0 Å². The Bertz CT molecular complexity index is 439. The standard InChI is InChI=1S/C14H18N2OS/c17-14(10-4-5-10)16-12-3-1-2-11(8-12)15-13-6-7-18-9-13/h1-3,8,10,13,15H,4-7,9H2,(H,16,17). The molecule has 0 bridgehead atoms. The molecule has 0 aromatic heterocycles. The smallest absolute Gasteiger partial charge is 0.227 e. The quantitative estimate of drug-likeness (QED) is 0.876. The van der Waals surface area contributed by atoms with Gasteiger partial charge in [-0.05, 0) is 43.2 Å². The average Bonchev–Trinajstić information content (AvgIpc) is 3.10. The van der Waals surface area contributed by atoms with E-state index in [0.29, 0.717) is 6.04 Å². The van der Waals surface area contributed by atoms with Gasteiger partial charge in [0, 0.05) is 29.1 Å². The lowest BCUT2D eigenvalue weighted by atomic mass is 10.2. The van der Waals surface area contributed by atoms with E-state index in [1.807, 2.05) is 30.0 Å². The number of amides is 1. The molecule has 2 fully saturated rings. The minimum absolute atomic E-state index is 0.170. The molecule has 1 saturated carbocycles. The third-order valence-electron chi connectivity index (χ3n) is 3.38. The molecule has 1 saturated heterocycles. The molecule has 1 aromatic rings. The molecule has 1 aliphatic carbocycles. The molecular weight excluding hydrogens is 244 g/mol. The zero-order chi connectivity index (χ0) is 12.4. The normalized spacial score (nSPS) is 22.8. The number of rotatable bonds is 4. The van der Waals surface area contributed by atoms with E-state index in [1.165, 1.54) is 17.9 Å². The van der Waals surface area contributed by atoms with Crippen molar-refractivity contribution in [1.82, 2.24) is 0 Å². The number of thioether (sulfide) groups is 1. The predicted molar refractivity (Wildman–Crippen MR) is 77.1 cm³/mol. The first kappa shape index (κ1) is 11.9. The molecule has 96 valence electrons. The van der Waals surface area contributed by atoms with Crippen LogP contribution in [0, 0.1) is 5.92 Å². The number of anilines is 2. The monoisotopic (exact) mass is 262 g/mol. The molecule has 1 amide bonds. The van der Waals surface area contributed by atoms with Crippen LogP contribution in [0.3, 0.4) is 0 Å². The highest BCUT2D eigenvalue weighted by molar-refractivity contribution is 7.99. The lowest BCUT2D eigenvalue weighted by molar-refractivity contribution is -0.117. The second-order valence-electron chi connectivity index (χ2n) is 5.05. The van der Waals surface area contributed by atoms with Crippen LogP contribution in [0.1, 0.15) is 19.3 Å². The van der Waals surface area contributed by atoms with Crippen molar-refractivity contribution >= 4 is 29.0 Å². The highest BCUT2D eigenvalue weighted by Gasteiger charge is 2.29. The summed E-state index contributed by atoms with van der Waals surface area (Å²) in [5, 5.41) is 6.51. The summed E-state index contributed by atoms with van der Waals surface area (Å²) in [4.78, 5) is 11.7. The molecule has 0 spiro atoms. The number of carbonyl (C=O) groups is 1. The predicted octanol–water partition coefficient (Wildman–Crippen LogP) is 2.95. The van der Waals surface area contributed by atoms with Crippen molar-refractivity contribution in [2.24, 2.45) is 5.92 Å². The first-order chi connectivity index (χ1) is 8.81. The number of hydrogen-bond acceptors (Lipinski definition) is 3. The summed E-state index contributed by atoms with van der Waals surface area (Å²) < 4.78 is 0. The molecule has 2 aliphatic rings. The van der Waals surface area contributed by atoms with Crippen LogP contribution in [-0.2, 0) is 4.79 Å². The molecule has 1 aliphatic heterocycles. The molecule has 3 rings (SSSR count). The summed E-state index contributed by atoms with van der Waals surface area (Å²) in [6, 6.07) is 8.62. The lowest BCUT2D eigenvalue weighted by Crippen LogP contribution is -2.18. The van der Waals surface area contributed by atoms with Crippen LogP contribution in [0.5, 0.6) is 0 Å².